The Morgan fingerprint density at radius 1 is 1.22 bits per heavy atom. The second kappa shape index (κ2) is 9.86. The summed E-state index contributed by atoms with van der Waals surface area (Å²) in [5.74, 6) is 1.17. The van der Waals surface area contributed by atoms with Gasteiger partial charge in [0.1, 0.15) is 11.7 Å². The zero-order chi connectivity index (χ0) is 27.1. The molecule has 0 aromatic heterocycles. The van der Waals surface area contributed by atoms with Gasteiger partial charge in [-0.15, -0.1) is 0 Å². The largest absolute Gasteiger partial charge is 0.493 e. The van der Waals surface area contributed by atoms with Gasteiger partial charge in [-0.3, -0.25) is 4.79 Å². The van der Waals surface area contributed by atoms with Crippen LogP contribution in [0.25, 0.3) is 0 Å². The highest BCUT2D eigenvalue weighted by Crippen LogP contribution is 2.55. The summed E-state index contributed by atoms with van der Waals surface area (Å²) in [5.41, 5.74) is 0.131. The van der Waals surface area contributed by atoms with E-state index >= 15 is 0 Å². The van der Waals surface area contributed by atoms with Crippen molar-refractivity contribution in [2.75, 3.05) is 20.7 Å². The van der Waals surface area contributed by atoms with E-state index in [9.17, 15) is 9.59 Å². The summed E-state index contributed by atoms with van der Waals surface area (Å²) in [6.07, 6.45) is 5.47. The van der Waals surface area contributed by atoms with E-state index in [0.717, 1.165) is 11.8 Å². The fraction of sp³-hybridized carbons (Fsp3) is 0.643. The van der Waals surface area contributed by atoms with Gasteiger partial charge < -0.3 is 23.5 Å². The van der Waals surface area contributed by atoms with Crippen LogP contribution in [-0.4, -0.2) is 64.1 Å². The first kappa shape index (κ1) is 28.3. The van der Waals surface area contributed by atoms with Gasteiger partial charge in [-0.2, -0.15) is 0 Å². The highest BCUT2D eigenvalue weighted by Gasteiger charge is 2.56. The molecule has 1 aliphatic heterocycles. The van der Waals surface area contributed by atoms with Gasteiger partial charge in [-0.25, -0.2) is 4.79 Å². The number of amides is 1. The van der Waals surface area contributed by atoms with Crippen molar-refractivity contribution in [3.63, 3.8) is 0 Å². The number of methoxy groups -OCH3 is 1. The summed E-state index contributed by atoms with van der Waals surface area (Å²) in [4.78, 5) is 26.5. The van der Waals surface area contributed by atoms with E-state index in [1.165, 1.54) is 0 Å². The molecule has 0 spiro atoms. The number of nitrogens with zero attached hydrogens (tertiary/aromatic N) is 1. The Hall–Kier alpha value is -2.32. The van der Waals surface area contributed by atoms with Crippen LogP contribution in [0.4, 0.5) is 4.79 Å². The lowest BCUT2D eigenvalue weighted by atomic mass is 9.68. The molecule has 1 amide bonds. The van der Waals surface area contributed by atoms with Gasteiger partial charge in [0.05, 0.1) is 18.6 Å². The maximum atomic E-state index is 12.7. The molecule has 1 aromatic carbocycles. The molecule has 0 saturated carbocycles. The fourth-order valence-corrected chi connectivity index (χ4v) is 6.06. The molecule has 0 bridgehead atoms. The smallest absolute Gasteiger partial charge is 0.410 e. The predicted octanol–water partition coefficient (Wildman–Crippen LogP) is 6.11. The van der Waals surface area contributed by atoms with Gasteiger partial charge in [-0.1, -0.05) is 32.9 Å². The maximum absolute atomic E-state index is 12.7. The zero-order valence-corrected chi connectivity index (χ0v) is 24.6. The molecule has 36 heavy (non-hydrogen) atoms. The van der Waals surface area contributed by atoms with Gasteiger partial charge in [0.15, 0.2) is 26.1 Å². The van der Waals surface area contributed by atoms with Crippen molar-refractivity contribution in [1.82, 2.24) is 4.90 Å². The quantitative estimate of drug-likeness (QED) is 0.247. The van der Waals surface area contributed by atoms with Crippen LogP contribution in [0.1, 0.15) is 70.3 Å². The number of hydrogen-bond acceptors (Lipinski definition) is 6. The number of ether oxygens (including phenoxy) is 3. The normalized spacial score (nSPS) is 23.4. The van der Waals surface area contributed by atoms with Crippen LogP contribution >= 0.6 is 0 Å². The monoisotopic (exact) mass is 517 g/mol. The van der Waals surface area contributed by atoms with Gasteiger partial charge in [-0.05, 0) is 63.9 Å². The van der Waals surface area contributed by atoms with Crippen LogP contribution in [-0.2, 0) is 14.6 Å². The Balaban J connectivity index is 2.05. The highest BCUT2D eigenvalue weighted by atomic mass is 28.4. The molecule has 7 nitrogen and oxygen atoms in total. The van der Waals surface area contributed by atoms with E-state index in [1.54, 1.807) is 31.2 Å². The third kappa shape index (κ3) is 5.35. The molecule has 200 valence electrons. The molecule has 2 aliphatic rings. The molecular weight excluding hydrogens is 474 g/mol. The Labute approximate surface area is 217 Å². The summed E-state index contributed by atoms with van der Waals surface area (Å²) in [6, 6.07) is 3.55. The number of benzene rings is 1. The van der Waals surface area contributed by atoms with E-state index in [1.807, 2.05) is 20.8 Å². The van der Waals surface area contributed by atoms with Crippen molar-refractivity contribution < 1.29 is 28.2 Å². The van der Waals surface area contributed by atoms with Gasteiger partial charge >= 0.3 is 6.09 Å². The van der Waals surface area contributed by atoms with E-state index < -0.39 is 19.3 Å². The minimum Gasteiger partial charge on any atom is -0.493 e. The molecule has 0 saturated heterocycles. The molecule has 1 aromatic rings. The third-order valence-electron chi connectivity index (χ3n) is 7.66. The molecule has 0 radical (unpaired) electrons. The predicted molar refractivity (Wildman–Crippen MR) is 144 cm³/mol. The lowest BCUT2D eigenvalue weighted by molar-refractivity contribution is 0.0110. The van der Waals surface area contributed by atoms with Crippen molar-refractivity contribution in [3.05, 3.63) is 35.4 Å². The lowest BCUT2D eigenvalue weighted by Gasteiger charge is -2.45. The van der Waals surface area contributed by atoms with E-state index in [0.29, 0.717) is 36.4 Å². The van der Waals surface area contributed by atoms with E-state index in [4.69, 9.17) is 18.6 Å². The van der Waals surface area contributed by atoms with Crippen molar-refractivity contribution in [2.45, 2.75) is 95.7 Å². The molecule has 1 heterocycles. The van der Waals surface area contributed by atoms with Gasteiger partial charge in [0, 0.05) is 24.7 Å². The maximum Gasteiger partial charge on any atom is 0.410 e. The van der Waals surface area contributed by atoms with Gasteiger partial charge in [0.2, 0.25) is 0 Å². The van der Waals surface area contributed by atoms with Crippen LogP contribution in [0.2, 0.25) is 18.1 Å². The fourth-order valence-electron chi connectivity index (χ4n) is 4.73. The summed E-state index contributed by atoms with van der Waals surface area (Å²) in [7, 11) is 1.22. The molecular formula is C28H43NO6Si. The number of rotatable bonds is 7. The Bertz CT molecular complexity index is 1020. The standard InChI is InChI=1S/C28H43NO6Si/c1-26(2,3)34-25(31)29(7)17-16-28-15-11-12-21(35-36(9,10)27(4,5)6)24(28)33-23-20(32-8)14-13-19(18-30)22(23)28/h11,13-15,18,21,24H,12,16-17H2,1-10H3/t21-,24+,28-/m1/s1. The van der Waals surface area contributed by atoms with Crippen LogP contribution < -0.4 is 9.47 Å². The average molecular weight is 518 g/mol. The number of carbonyl (C=O) groups is 2. The molecule has 3 atom stereocenters. The first-order valence-electron chi connectivity index (χ1n) is 12.7. The number of fused-ring (bicyclic) bond motifs is 3. The molecule has 0 N–H and O–H groups in total. The topological polar surface area (TPSA) is 74.3 Å². The molecule has 0 fully saturated rings. The number of aldehydes is 1. The first-order chi connectivity index (χ1) is 16.6. The average Bonchev–Trinajstić information content (AvgIpc) is 3.11. The second-order valence-electron chi connectivity index (χ2n) is 12.5. The minimum absolute atomic E-state index is 0.0326. The van der Waals surface area contributed by atoms with Gasteiger partial charge in [0.25, 0.3) is 0 Å². The SMILES string of the molecule is COc1ccc(C=O)c2c1O[C@H]1[C@H](O[Si](C)(C)C(C)(C)C)CC=C[C@@]21CCN(C)C(=O)OC(C)(C)C. The molecule has 0 unspecified atom stereocenters. The molecule has 3 rings (SSSR count). The first-order valence-corrected chi connectivity index (χ1v) is 15.6. The van der Waals surface area contributed by atoms with Crippen LogP contribution in [0.3, 0.4) is 0 Å². The summed E-state index contributed by atoms with van der Waals surface area (Å²) >= 11 is 0. The minimum atomic E-state index is -2.12. The summed E-state index contributed by atoms with van der Waals surface area (Å²) < 4.78 is 24.8. The zero-order valence-electron chi connectivity index (χ0n) is 23.6. The van der Waals surface area contributed by atoms with E-state index in [2.05, 4.69) is 46.0 Å². The Morgan fingerprint density at radius 3 is 2.44 bits per heavy atom. The van der Waals surface area contributed by atoms with Crippen molar-refractivity contribution in [3.8, 4) is 11.5 Å². The van der Waals surface area contributed by atoms with Crippen molar-refractivity contribution >= 4 is 20.7 Å². The Kier molecular flexibility index (Phi) is 7.73. The third-order valence-corrected chi connectivity index (χ3v) is 12.2. The lowest BCUT2D eigenvalue weighted by Crippen LogP contribution is -2.54. The summed E-state index contributed by atoms with van der Waals surface area (Å²) in [5, 5.41) is 0.0326. The van der Waals surface area contributed by atoms with Crippen LogP contribution in [0, 0.1) is 0 Å². The van der Waals surface area contributed by atoms with Crippen molar-refractivity contribution in [1.29, 1.82) is 0 Å². The van der Waals surface area contributed by atoms with Crippen LogP contribution in [0.15, 0.2) is 24.3 Å². The molecule has 1 aliphatic carbocycles. The number of hydrogen-bond donors (Lipinski definition) is 0. The van der Waals surface area contributed by atoms with Crippen molar-refractivity contribution in [2.24, 2.45) is 0 Å². The summed E-state index contributed by atoms with van der Waals surface area (Å²) in [6.45, 7) is 17.1. The number of carbonyl (C=O) groups excluding carboxylic acids is 2. The highest BCUT2D eigenvalue weighted by molar-refractivity contribution is 6.74. The second-order valence-corrected chi connectivity index (χ2v) is 17.2. The molecule has 8 heteroatoms. The van der Waals surface area contributed by atoms with E-state index in [-0.39, 0.29) is 23.3 Å². The Morgan fingerprint density at radius 2 is 1.89 bits per heavy atom. The van der Waals surface area contributed by atoms with Crippen LogP contribution in [0.5, 0.6) is 11.5 Å².